The molecule has 2 amide bonds. The van der Waals surface area contributed by atoms with Gasteiger partial charge in [0.1, 0.15) is 5.25 Å². The number of hydrogen-bond donors (Lipinski definition) is 3. The Morgan fingerprint density at radius 2 is 2.29 bits per heavy atom. The van der Waals surface area contributed by atoms with Crippen LogP contribution < -0.4 is 16.8 Å². The van der Waals surface area contributed by atoms with Crippen LogP contribution in [0.4, 0.5) is 0 Å². The predicted octanol–water partition coefficient (Wildman–Crippen LogP) is -0.826. The Kier molecular flexibility index (Phi) is 4.95. The zero-order chi connectivity index (χ0) is 12.8. The molecule has 0 bridgehead atoms. The third kappa shape index (κ3) is 4.43. The van der Waals surface area contributed by atoms with Crippen LogP contribution in [0.5, 0.6) is 0 Å². The SMILES string of the molecule is CCCNC(=O)CC1SC(N=C(N)N)=NC1=O. The van der Waals surface area contributed by atoms with Crippen molar-refractivity contribution in [3.8, 4) is 0 Å². The number of guanidine groups is 1. The minimum Gasteiger partial charge on any atom is -0.370 e. The first-order chi connectivity index (χ1) is 8.02. The number of amides is 2. The van der Waals surface area contributed by atoms with Gasteiger partial charge in [-0.15, -0.1) is 0 Å². The van der Waals surface area contributed by atoms with Crippen molar-refractivity contribution < 1.29 is 9.59 Å². The molecule has 1 rings (SSSR count). The van der Waals surface area contributed by atoms with Gasteiger partial charge in [-0.2, -0.15) is 9.98 Å². The summed E-state index contributed by atoms with van der Waals surface area (Å²) in [6, 6.07) is 0. The molecule has 1 heterocycles. The van der Waals surface area contributed by atoms with Crippen molar-refractivity contribution in [2.24, 2.45) is 21.5 Å². The van der Waals surface area contributed by atoms with Gasteiger partial charge in [-0.3, -0.25) is 9.59 Å². The molecule has 94 valence electrons. The summed E-state index contributed by atoms with van der Waals surface area (Å²) < 4.78 is 0. The van der Waals surface area contributed by atoms with Crippen LogP contribution >= 0.6 is 11.8 Å². The van der Waals surface area contributed by atoms with Gasteiger partial charge in [0.2, 0.25) is 5.91 Å². The highest BCUT2D eigenvalue weighted by molar-refractivity contribution is 8.15. The molecule has 5 N–H and O–H groups in total. The number of nitrogens with zero attached hydrogens (tertiary/aromatic N) is 2. The molecule has 0 aliphatic carbocycles. The first-order valence-corrected chi connectivity index (χ1v) is 6.06. The number of thioether (sulfide) groups is 1. The molecule has 1 unspecified atom stereocenters. The highest BCUT2D eigenvalue weighted by Crippen LogP contribution is 2.25. The summed E-state index contributed by atoms with van der Waals surface area (Å²) >= 11 is 1.10. The summed E-state index contributed by atoms with van der Waals surface area (Å²) in [5, 5.41) is 2.38. The highest BCUT2D eigenvalue weighted by atomic mass is 32.2. The lowest BCUT2D eigenvalue weighted by atomic mass is 10.2. The second-order valence-electron chi connectivity index (χ2n) is 3.43. The fourth-order valence-electron chi connectivity index (χ4n) is 1.17. The smallest absolute Gasteiger partial charge is 0.262 e. The molecular weight excluding hydrogens is 242 g/mol. The number of nitrogens with one attached hydrogen (secondary N) is 1. The van der Waals surface area contributed by atoms with Crippen molar-refractivity contribution >= 4 is 34.7 Å². The maximum Gasteiger partial charge on any atom is 0.262 e. The van der Waals surface area contributed by atoms with E-state index in [-0.39, 0.29) is 29.4 Å². The van der Waals surface area contributed by atoms with Crippen LogP contribution in [0.25, 0.3) is 0 Å². The van der Waals surface area contributed by atoms with E-state index < -0.39 is 5.25 Å². The molecule has 1 aliphatic heterocycles. The quantitative estimate of drug-likeness (QED) is 0.448. The Bertz CT molecular complexity index is 376. The molecule has 0 fully saturated rings. The van der Waals surface area contributed by atoms with E-state index in [1.807, 2.05) is 6.92 Å². The molecule has 0 radical (unpaired) electrons. The van der Waals surface area contributed by atoms with Gasteiger partial charge in [0.25, 0.3) is 5.91 Å². The summed E-state index contributed by atoms with van der Waals surface area (Å²) in [4.78, 5) is 30.2. The monoisotopic (exact) mass is 257 g/mol. The summed E-state index contributed by atoms with van der Waals surface area (Å²) in [5.74, 6) is -0.694. The van der Waals surface area contributed by atoms with Crippen LogP contribution in [0.2, 0.25) is 0 Å². The van der Waals surface area contributed by atoms with Crippen molar-refractivity contribution in [2.75, 3.05) is 6.54 Å². The van der Waals surface area contributed by atoms with E-state index in [1.54, 1.807) is 0 Å². The van der Waals surface area contributed by atoms with E-state index in [0.717, 1.165) is 18.2 Å². The lowest BCUT2D eigenvalue weighted by Gasteiger charge is -2.06. The Labute approximate surface area is 103 Å². The molecule has 17 heavy (non-hydrogen) atoms. The molecule has 0 saturated carbocycles. The van der Waals surface area contributed by atoms with Crippen molar-refractivity contribution in [1.29, 1.82) is 0 Å². The van der Waals surface area contributed by atoms with Crippen molar-refractivity contribution in [2.45, 2.75) is 25.0 Å². The minimum absolute atomic E-state index is 0.0937. The van der Waals surface area contributed by atoms with Crippen LogP contribution in [0.15, 0.2) is 9.98 Å². The van der Waals surface area contributed by atoms with Crippen molar-refractivity contribution in [3.05, 3.63) is 0 Å². The van der Waals surface area contributed by atoms with Gasteiger partial charge < -0.3 is 16.8 Å². The lowest BCUT2D eigenvalue weighted by Crippen LogP contribution is -2.28. The summed E-state index contributed by atoms with van der Waals surface area (Å²) in [7, 11) is 0. The number of hydrogen-bond acceptors (Lipinski definition) is 4. The Morgan fingerprint density at radius 1 is 1.59 bits per heavy atom. The number of nitrogens with two attached hydrogens (primary N) is 2. The summed E-state index contributed by atoms with van der Waals surface area (Å²) in [6.07, 6.45) is 0.948. The molecule has 7 nitrogen and oxygen atoms in total. The van der Waals surface area contributed by atoms with E-state index in [0.29, 0.717) is 6.54 Å². The number of amidine groups is 1. The number of carbonyl (C=O) groups excluding carboxylic acids is 2. The third-order valence-electron chi connectivity index (χ3n) is 1.90. The lowest BCUT2D eigenvalue weighted by molar-refractivity contribution is -0.124. The first-order valence-electron chi connectivity index (χ1n) is 5.18. The van der Waals surface area contributed by atoms with E-state index >= 15 is 0 Å². The highest BCUT2D eigenvalue weighted by Gasteiger charge is 2.30. The van der Waals surface area contributed by atoms with Gasteiger partial charge in [0.15, 0.2) is 11.1 Å². The van der Waals surface area contributed by atoms with Crippen LogP contribution in [-0.2, 0) is 9.59 Å². The average molecular weight is 257 g/mol. The predicted molar refractivity (Wildman–Crippen MR) is 67.5 cm³/mol. The second-order valence-corrected chi connectivity index (χ2v) is 4.60. The van der Waals surface area contributed by atoms with Gasteiger partial charge in [0, 0.05) is 13.0 Å². The second kappa shape index (κ2) is 6.24. The average Bonchev–Trinajstić information content (AvgIpc) is 2.55. The standard InChI is InChI=1S/C9H15N5O2S/c1-2-3-12-6(15)4-5-7(16)13-9(17-5)14-8(10)11/h5H,2-4H2,1H3,(H,12,15)(H4,10,11,13,14,16). The molecule has 0 aromatic rings. The van der Waals surface area contributed by atoms with Crippen LogP contribution in [0.1, 0.15) is 19.8 Å². The molecule has 0 saturated heterocycles. The van der Waals surface area contributed by atoms with Gasteiger partial charge in [-0.05, 0) is 6.42 Å². The fourth-order valence-corrected chi connectivity index (χ4v) is 2.11. The number of aliphatic imine (C=N–C) groups is 2. The van der Waals surface area contributed by atoms with Crippen LogP contribution in [-0.4, -0.2) is 34.7 Å². The van der Waals surface area contributed by atoms with Crippen LogP contribution in [0, 0.1) is 0 Å². The van der Waals surface area contributed by atoms with E-state index in [4.69, 9.17) is 11.5 Å². The van der Waals surface area contributed by atoms with Crippen LogP contribution in [0.3, 0.4) is 0 Å². The fraction of sp³-hybridized carbons (Fsp3) is 0.556. The Balaban J connectivity index is 2.47. The Hall–Kier alpha value is -1.57. The molecule has 1 atom stereocenters. The topological polar surface area (TPSA) is 123 Å². The zero-order valence-electron chi connectivity index (χ0n) is 9.47. The van der Waals surface area contributed by atoms with Gasteiger partial charge >= 0.3 is 0 Å². The number of carbonyl (C=O) groups is 2. The summed E-state index contributed by atoms with van der Waals surface area (Å²) in [6.45, 7) is 2.56. The summed E-state index contributed by atoms with van der Waals surface area (Å²) in [5.41, 5.74) is 10.3. The Morgan fingerprint density at radius 3 is 2.88 bits per heavy atom. The van der Waals surface area contributed by atoms with E-state index in [1.165, 1.54) is 0 Å². The normalized spacial score (nSPS) is 18.8. The first kappa shape index (κ1) is 13.5. The number of rotatable bonds is 4. The van der Waals surface area contributed by atoms with Gasteiger partial charge in [-0.1, -0.05) is 18.7 Å². The molecule has 0 spiro atoms. The molecule has 1 aliphatic rings. The van der Waals surface area contributed by atoms with E-state index in [2.05, 4.69) is 15.3 Å². The zero-order valence-corrected chi connectivity index (χ0v) is 10.3. The maximum atomic E-state index is 11.4. The van der Waals surface area contributed by atoms with Crippen molar-refractivity contribution in [3.63, 3.8) is 0 Å². The molecule has 0 aromatic carbocycles. The van der Waals surface area contributed by atoms with E-state index in [9.17, 15) is 9.59 Å². The molecule has 8 heteroatoms. The van der Waals surface area contributed by atoms with Gasteiger partial charge in [0.05, 0.1) is 0 Å². The largest absolute Gasteiger partial charge is 0.370 e. The maximum absolute atomic E-state index is 11.4. The minimum atomic E-state index is -0.523. The third-order valence-corrected chi connectivity index (χ3v) is 2.94. The van der Waals surface area contributed by atoms with Crippen molar-refractivity contribution in [1.82, 2.24) is 5.32 Å². The molecular formula is C9H15N5O2S. The van der Waals surface area contributed by atoms with Gasteiger partial charge in [-0.25, -0.2) is 0 Å². The molecule has 0 aromatic heterocycles.